The molecule has 5 nitrogen and oxygen atoms in total. The van der Waals surface area contributed by atoms with E-state index in [1.807, 2.05) is 19.9 Å². The number of aryl methyl sites for hydroxylation is 1. The summed E-state index contributed by atoms with van der Waals surface area (Å²) in [4.78, 5) is 23.9. The van der Waals surface area contributed by atoms with E-state index in [2.05, 4.69) is 16.0 Å². The van der Waals surface area contributed by atoms with Crippen molar-refractivity contribution < 1.29 is 9.59 Å². The normalized spacial score (nSPS) is 14.6. The van der Waals surface area contributed by atoms with Crippen LogP contribution in [-0.4, -0.2) is 24.5 Å². The van der Waals surface area contributed by atoms with Crippen LogP contribution in [0.1, 0.15) is 54.9 Å². The Kier molecular flexibility index (Phi) is 5.81. The van der Waals surface area contributed by atoms with Gasteiger partial charge in [-0.1, -0.05) is 19.8 Å². The summed E-state index contributed by atoms with van der Waals surface area (Å²) in [5.74, 6) is -0.0306. The van der Waals surface area contributed by atoms with Gasteiger partial charge in [-0.25, -0.2) is 4.79 Å². The number of hydrogen-bond acceptors (Lipinski definition) is 2. The number of amides is 3. The van der Waals surface area contributed by atoms with Crippen LogP contribution in [-0.2, 0) is 0 Å². The molecular weight excluding hydrogens is 278 g/mol. The minimum Gasteiger partial charge on any atom is -0.349 e. The Morgan fingerprint density at radius 1 is 1.23 bits per heavy atom. The molecule has 0 aromatic heterocycles. The molecule has 3 N–H and O–H groups in total. The maximum absolute atomic E-state index is 12.2. The lowest BCUT2D eigenvalue weighted by atomic mass is 10.1. The van der Waals surface area contributed by atoms with Crippen LogP contribution >= 0.6 is 0 Å². The molecule has 1 aliphatic carbocycles. The van der Waals surface area contributed by atoms with Gasteiger partial charge in [0.2, 0.25) is 0 Å². The summed E-state index contributed by atoms with van der Waals surface area (Å²) >= 11 is 0. The molecule has 0 bridgehead atoms. The molecule has 1 aromatic rings. The second-order valence-corrected chi connectivity index (χ2v) is 5.87. The Labute approximate surface area is 131 Å². The van der Waals surface area contributed by atoms with Crippen molar-refractivity contribution in [1.29, 1.82) is 0 Å². The maximum Gasteiger partial charge on any atom is 0.319 e. The molecule has 0 spiro atoms. The minimum absolute atomic E-state index is 0.0306. The van der Waals surface area contributed by atoms with Crippen LogP contribution in [0.5, 0.6) is 0 Å². The minimum atomic E-state index is -0.215. The van der Waals surface area contributed by atoms with E-state index in [4.69, 9.17) is 0 Å². The number of benzene rings is 1. The zero-order valence-corrected chi connectivity index (χ0v) is 13.4. The van der Waals surface area contributed by atoms with Crippen molar-refractivity contribution in [3.8, 4) is 0 Å². The Morgan fingerprint density at radius 3 is 2.59 bits per heavy atom. The van der Waals surface area contributed by atoms with Gasteiger partial charge in [0.1, 0.15) is 0 Å². The van der Waals surface area contributed by atoms with Gasteiger partial charge < -0.3 is 16.0 Å². The number of rotatable bonds is 5. The largest absolute Gasteiger partial charge is 0.349 e. The summed E-state index contributed by atoms with van der Waals surface area (Å²) in [5.41, 5.74) is 2.25. The van der Waals surface area contributed by atoms with Gasteiger partial charge in [0.05, 0.1) is 0 Å². The highest BCUT2D eigenvalue weighted by Crippen LogP contribution is 2.20. The Balaban J connectivity index is 1.96. The van der Waals surface area contributed by atoms with Gasteiger partial charge in [-0.05, 0) is 49.9 Å². The molecular formula is C17H25N3O2. The molecule has 1 aromatic carbocycles. The highest BCUT2D eigenvalue weighted by Gasteiger charge is 2.18. The summed E-state index contributed by atoms with van der Waals surface area (Å²) in [6.45, 7) is 4.54. The van der Waals surface area contributed by atoms with E-state index in [-0.39, 0.29) is 11.9 Å². The summed E-state index contributed by atoms with van der Waals surface area (Å²) in [6.07, 6.45) is 5.43. The second kappa shape index (κ2) is 7.82. The van der Waals surface area contributed by atoms with E-state index in [9.17, 15) is 9.59 Å². The predicted molar refractivity (Wildman–Crippen MR) is 88.2 cm³/mol. The number of hydrogen-bond donors (Lipinski definition) is 3. The summed E-state index contributed by atoms with van der Waals surface area (Å²) < 4.78 is 0. The van der Waals surface area contributed by atoms with Crippen LogP contribution < -0.4 is 16.0 Å². The van der Waals surface area contributed by atoms with Gasteiger partial charge in [-0.3, -0.25) is 4.79 Å². The molecule has 0 heterocycles. The number of anilines is 1. The Morgan fingerprint density at radius 2 is 1.95 bits per heavy atom. The third-order valence-electron chi connectivity index (χ3n) is 3.96. The maximum atomic E-state index is 12.2. The smallest absolute Gasteiger partial charge is 0.319 e. The zero-order valence-electron chi connectivity index (χ0n) is 13.4. The van der Waals surface area contributed by atoms with Crippen molar-refractivity contribution in [2.75, 3.05) is 11.9 Å². The van der Waals surface area contributed by atoms with Crippen LogP contribution in [0, 0.1) is 6.92 Å². The predicted octanol–water partition coefficient (Wildman–Crippen LogP) is 3.20. The summed E-state index contributed by atoms with van der Waals surface area (Å²) in [6, 6.07) is 5.45. The van der Waals surface area contributed by atoms with Crippen molar-refractivity contribution in [3.63, 3.8) is 0 Å². The number of urea groups is 1. The fourth-order valence-corrected chi connectivity index (χ4v) is 2.69. The van der Waals surface area contributed by atoms with Crippen LogP contribution in [0.25, 0.3) is 0 Å². The lowest BCUT2D eigenvalue weighted by Gasteiger charge is -2.14. The van der Waals surface area contributed by atoms with Crippen molar-refractivity contribution in [1.82, 2.24) is 10.6 Å². The molecule has 22 heavy (non-hydrogen) atoms. The SMILES string of the molecule is CCCNC(=O)Nc1ccc(C(=O)NC2CCCC2)cc1C. The average molecular weight is 303 g/mol. The van der Waals surface area contributed by atoms with Crippen LogP contribution in [0.2, 0.25) is 0 Å². The summed E-state index contributed by atoms with van der Waals surface area (Å²) in [7, 11) is 0. The third kappa shape index (κ3) is 4.48. The van der Waals surface area contributed by atoms with Gasteiger partial charge in [0, 0.05) is 23.8 Å². The van der Waals surface area contributed by atoms with Gasteiger partial charge in [-0.2, -0.15) is 0 Å². The first kappa shape index (κ1) is 16.3. The van der Waals surface area contributed by atoms with E-state index in [0.29, 0.717) is 18.2 Å². The third-order valence-corrected chi connectivity index (χ3v) is 3.96. The molecule has 1 aliphatic rings. The van der Waals surface area contributed by atoms with Crippen molar-refractivity contribution >= 4 is 17.6 Å². The van der Waals surface area contributed by atoms with E-state index < -0.39 is 0 Å². The van der Waals surface area contributed by atoms with Crippen LogP contribution in [0.15, 0.2) is 18.2 Å². The number of nitrogens with one attached hydrogen (secondary N) is 3. The molecule has 1 saturated carbocycles. The molecule has 120 valence electrons. The van der Waals surface area contributed by atoms with Crippen LogP contribution in [0.4, 0.5) is 10.5 Å². The molecule has 1 fully saturated rings. The van der Waals surface area contributed by atoms with Crippen molar-refractivity contribution in [2.45, 2.75) is 52.0 Å². The summed E-state index contributed by atoms with van der Waals surface area (Å²) in [5, 5.41) is 8.64. The fraction of sp³-hybridized carbons (Fsp3) is 0.529. The van der Waals surface area contributed by atoms with Crippen molar-refractivity contribution in [2.24, 2.45) is 0 Å². The number of carbonyl (C=O) groups excluding carboxylic acids is 2. The van der Waals surface area contributed by atoms with E-state index in [0.717, 1.165) is 30.5 Å². The Bertz CT molecular complexity index is 537. The lowest BCUT2D eigenvalue weighted by molar-refractivity contribution is 0.0938. The first-order chi connectivity index (χ1) is 10.6. The first-order valence-electron chi connectivity index (χ1n) is 8.06. The molecule has 2 rings (SSSR count). The molecule has 0 aliphatic heterocycles. The Hall–Kier alpha value is -2.04. The molecule has 0 radical (unpaired) electrons. The zero-order chi connectivity index (χ0) is 15.9. The van der Waals surface area contributed by atoms with E-state index >= 15 is 0 Å². The molecule has 0 unspecified atom stereocenters. The van der Waals surface area contributed by atoms with Gasteiger partial charge in [0.25, 0.3) is 5.91 Å². The highest BCUT2D eigenvalue weighted by atomic mass is 16.2. The average Bonchev–Trinajstić information content (AvgIpc) is 3.00. The number of carbonyl (C=O) groups is 2. The quantitative estimate of drug-likeness (QED) is 0.781. The molecule has 3 amide bonds. The molecule has 0 saturated heterocycles. The topological polar surface area (TPSA) is 70.2 Å². The second-order valence-electron chi connectivity index (χ2n) is 5.87. The lowest BCUT2D eigenvalue weighted by Crippen LogP contribution is -2.32. The van der Waals surface area contributed by atoms with Gasteiger partial charge >= 0.3 is 6.03 Å². The van der Waals surface area contributed by atoms with Crippen LogP contribution in [0.3, 0.4) is 0 Å². The van der Waals surface area contributed by atoms with Gasteiger partial charge in [0.15, 0.2) is 0 Å². The monoisotopic (exact) mass is 303 g/mol. The van der Waals surface area contributed by atoms with Crippen molar-refractivity contribution in [3.05, 3.63) is 29.3 Å². The molecule has 5 heteroatoms. The first-order valence-corrected chi connectivity index (χ1v) is 8.06. The standard InChI is InChI=1S/C17H25N3O2/c1-3-10-18-17(22)20-15-9-8-13(11-12(15)2)16(21)19-14-6-4-5-7-14/h8-9,11,14H,3-7,10H2,1-2H3,(H,19,21)(H2,18,20,22). The van der Waals surface area contributed by atoms with E-state index in [1.165, 1.54) is 12.8 Å². The van der Waals surface area contributed by atoms with E-state index in [1.54, 1.807) is 12.1 Å². The van der Waals surface area contributed by atoms with Gasteiger partial charge in [-0.15, -0.1) is 0 Å². The highest BCUT2D eigenvalue weighted by molar-refractivity contribution is 5.96. The fourth-order valence-electron chi connectivity index (χ4n) is 2.69. The molecule has 0 atom stereocenters.